The van der Waals surface area contributed by atoms with Crippen molar-refractivity contribution in [3.63, 3.8) is 0 Å². The zero-order valence-electron chi connectivity index (χ0n) is 12.8. The standard InChI is InChI=1S/C16H21NO3S2/c1-11-5-7-13(8-6-11)22-21-12(2)10-15(18)17-9-3-4-14(17)16(19)20/h5-8,12,14H,3-4,9-10H2,1-2H3,(H,19,20)/t12?,14-/m0/s1. The summed E-state index contributed by atoms with van der Waals surface area (Å²) in [5.41, 5.74) is 1.23. The predicted molar refractivity (Wildman–Crippen MR) is 91.1 cm³/mol. The second-order valence-electron chi connectivity index (χ2n) is 5.59. The molecule has 1 aliphatic heterocycles. The summed E-state index contributed by atoms with van der Waals surface area (Å²) in [5, 5.41) is 9.28. The number of benzene rings is 1. The van der Waals surface area contributed by atoms with E-state index in [1.807, 2.05) is 6.92 Å². The van der Waals surface area contributed by atoms with Crippen molar-refractivity contribution >= 4 is 33.5 Å². The highest BCUT2D eigenvalue weighted by molar-refractivity contribution is 8.76. The fourth-order valence-corrected chi connectivity index (χ4v) is 4.55. The number of hydrogen-bond acceptors (Lipinski definition) is 4. The number of carbonyl (C=O) groups is 2. The summed E-state index contributed by atoms with van der Waals surface area (Å²) in [7, 11) is 3.31. The van der Waals surface area contributed by atoms with Crippen molar-refractivity contribution in [3.05, 3.63) is 29.8 Å². The topological polar surface area (TPSA) is 57.6 Å². The maximum atomic E-state index is 12.3. The van der Waals surface area contributed by atoms with Crippen LogP contribution in [0.5, 0.6) is 0 Å². The number of carbonyl (C=O) groups excluding carboxylic acids is 1. The van der Waals surface area contributed by atoms with Crippen molar-refractivity contribution in [3.8, 4) is 0 Å². The van der Waals surface area contributed by atoms with E-state index in [1.165, 1.54) is 15.4 Å². The molecule has 120 valence electrons. The van der Waals surface area contributed by atoms with E-state index in [4.69, 9.17) is 5.11 Å². The van der Waals surface area contributed by atoms with Crippen molar-refractivity contribution in [2.24, 2.45) is 0 Å². The summed E-state index contributed by atoms with van der Waals surface area (Å²) in [4.78, 5) is 26.1. The first-order valence-electron chi connectivity index (χ1n) is 7.39. The first-order chi connectivity index (χ1) is 10.5. The monoisotopic (exact) mass is 339 g/mol. The van der Waals surface area contributed by atoms with Crippen LogP contribution in [0.2, 0.25) is 0 Å². The van der Waals surface area contributed by atoms with Crippen molar-refractivity contribution in [2.75, 3.05) is 6.54 Å². The Morgan fingerprint density at radius 3 is 2.68 bits per heavy atom. The van der Waals surface area contributed by atoms with Crippen molar-refractivity contribution in [2.45, 2.75) is 49.3 Å². The zero-order valence-corrected chi connectivity index (χ0v) is 14.5. The fourth-order valence-electron chi connectivity index (χ4n) is 2.45. The van der Waals surface area contributed by atoms with Crippen LogP contribution < -0.4 is 0 Å². The molecule has 0 aromatic heterocycles. The normalized spacial score (nSPS) is 19.2. The molecule has 4 nitrogen and oxygen atoms in total. The van der Waals surface area contributed by atoms with E-state index < -0.39 is 12.0 Å². The second kappa shape index (κ2) is 7.92. The molecule has 2 atom stereocenters. The van der Waals surface area contributed by atoms with E-state index >= 15 is 0 Å². The van der Waals surface area contributed by atoms with Crippen LogP contribution in [0.3, 0.4) is 0 Å². The molecule has 1 unspecified atom stereocenters. The van der Waals surface area contributed by atoms with Crippen LogP contribution in [0.1, 0.15) is 31.7 Å². The number of likely N-dealkylation sites (tertiary alicyclic amines) is 1. The highest BCUT2D eigenvalue weighted by Gasteiger charge is 2.34. The van der Waals surface area contributed by atoms with Crippen LogP contribution in [-0.4, -0.2) is 39.7 Å². The van der Waals surface area contributed by atoms with Crippen LogP contribution in [0.15, 0.2) is 29.2 Å². The molecule has 0 spiro atoms. The number of carboxylic acids is 1. The second-order valence-corrected chi connectivity index (χ2v) is 8.30. The molecule has 0 aliphatic carbocycles. The van der Waals surface area contributed by atoms with Gasteiger partial charge in [-0.1, -0.05) is 46.2 Å². The fraction of sp³-hybridized carbons (Fsp3) is 0.500. The lowest BCUT2D eigenvalue weighted by Crippen LogP contribution is -2.41. The molecule has 1 aromatic carbocycles. The Balaban J connectivity index is 1.81. The van der Waals surface area contributed by atoms with Gasteiger partial charge in [-0.25, -0.2) is 4.79 Å². The Hall–Kier alpha value is -1.14. The Morgan fingerprint density at radius 2 is 2.05 bits per heavy atom. The molecule has 2 rings (SSSR count). The summed E-state index contributed by atoms with van der Waals surface area (Å²) in [6, 6.07) is 7.65. The molecule has 1 aliphatic rings. The van der Waals surface area contributed by atoms with E-state index in [-0.39, 0.29) is 11.2 Å². The van der Waals surface area contributed by atoms with Crippen LogP contribution in [0.25, 0.3) is 0 Å². The molecule has 0 radical (unpaired) electrons. The maximum absolute atomic E-state index is 12.3. The quantitative estimate of drug-likeness (QED) is 0.803. The summed E-state index contributed by atoms with van der Waals surface area (Å²) in [6.07, 6.45) is 1.73. The summed E-state index contributed by atoms with van der Waals surface area (Å²) in [5.74, 6) is -0.936. The van der Waals surface area contributed by atoms with Gasteiger partial charge in [0.05, 0.1) is 0 Å². The van der Waals surface area contributed by atoms with Gasteiger partial charge in [0, 0.05) is 23.1 Å². The van der Waals surface area contributed by atoms with Crippen LogP contribution in [0.4, 0.5) is 0 Å². The number of nitrogens with zero attached hydrogens (tertiary/aromatic N) is 1. The lowest BCUT2D eigenvalue weighted by Gasteiger charge is -2.22. The van der Waals surface area contributed by atoms with Gasteiger partial charge < -0.3 is 10.0 Å². The first kappa shape index (κ1) is 17.2. The number of rotatable bonds is 6. The molecular weight excluding hydrogens is 318 g/mol. The van der Waals surface area contributed by atoms with Gasteiger partial charge in [-0.05, 0) is 31.9 Å². The Morgan fingerprint density at radius 1 is 1.36 bits per heavy atom. The molecule has 0 bridgehead atoms. The van der Waals surface area contributed by atoms with Crippen molar-refractivity contribution in [1.82, 2.24) is 4.90 Å². The third-order valence-electron chi connectivity index (χ3n) is 3.65. The van der Waals surface area contributed by atoms with Gasteiger partial charge in [-0.15, -0.1) is 0 Å². The highest BCUT2D eigenvalue weighted by atomic mass is 33.1. The molecule has 0 saturated carbocycles. The van der Waals surface area contributed by atoms with Gasteiger partial charge in [0.2, 0.25) is 5.91 Å². The third kappa shape index (κ3) is 4.68. The van der Waals surface area contributed by atoms with Gasteiger partial charge in [-0.2, -0.15) is 0 Å². The zero-order chi connectivity index (χ0) is 16.1. The number of aliphatic carboxylic acids is 1. The SMILES string of the molecule is Cc1ccc(SSC(C)CC(=O)N2CCC[C@H]2C(=O)O)cc1. The van der Waals surface area contributed by atoms with E-state index in [0.29, 0.717) is 19.4 Å². The number of amides is 1. The van der Waals surface area contributed by atoms with Gasteiger partial charge in [-0.3, -0.25) is 4.79 Å². The Labute approximate surface area is 139 Å². The van der Waals surface area contributed by atoms with Gasteiger partial charge in [0.25, 0.3) is 0 Å². The largest absolute Gasteiger partial charge is 0.480 e. The summed E-state index contributed by atoms with van der Waals surface area (Å²) < 4.78 is 0. The molecule has 6 heteroatoms. The molecular formula is C16H21NO3S2. The molecule has 1 heterocycles. The number of aryl methyl sites for hydroxylation is 1. The first-order valence-corrected chi connectivity index (χ1v) is 9.61. The molecule has 1 N–H and O–H groups in total. The van der Waals surface area contributed by atoms with Gasteiger partial charge in [0.1, 0.15) is 6.04 Å². The van der Waals surface area contributed by atoms with Crippen LogP contribution in [0, 0.1) is 6.92 Å². The van der Waals surface area contributed by atoms with E-state index in [2.05, 4.69) is 31.2 Å². The van der Waals surface area contributed by atoms with Gasteiger partial charge >= 0.3 is 5.97 Å². The lowest BCUT2D eigenvalue weighted by atomic mass is 10.2. The molecule has 1 saturated heterocycles. The minimum Gasteiger partial charge on any atom is -0.480 e. The number of carboxylic acid groups (broad SMARTS) is 1. The van der Waals surface area contributed by atoms with Crippen molar-refractivity contribution < 1.29 is 14.7 Å². The third-order valence-corrected chi connectivity index (χ3v) is 6.56. The Bertz CT molecular complexity index is 533. The smallest absolute Gasteiger partial charge is 0.326 e. The van der Waals surface area contributed by atoms with Gasteiger partial charge in [0.15, 0.2) is 0 Å². The Kier molecular flexibility index (Phi) is 6.20. The van der Waals surface area contributed by atoms with E-state index in [1.54, 1.807) is 21.6 Å². The van der Waals surface area contributed by atoms with Crippen LogP contribution in [-0.2, 0) is 9.59 Å². The predicted octanol–water partition coefficient (Wildman–Crippen LogP) is 3.59. The van der Waals surface area contributed by atoms with E-state index in [9.17, 15) is 9.59 Å². The minimum atomic E-state index is -0.889. The average Bonchev–Trinajstić information content (AvgIpc) is 2.96. The van der Waals surface area contributed by atoms with Crippen LogP contribution >= 0.6 is 21.6 Å². The molecule has 1 fully saturated rings. The summed E-state index contributed by atoms with van der Waals surface area (Å²) >= 11 is 0. The minimum absolute atomic E-state index is 0.0468. The number of hydrogen-bond donors (Lipinski definition) is 1. The molecule has 22 heavy (non-hydrogen) atoms. The highest BCUT2D eigenvalue weighted by Crippen LogP contribution is 2.36. The maximum Gasteiger partial charge on any atom is 0.326 e. The van der Waals surface area contributed by atoms with Crippen molar-refractivity contribution in [1.29, 1.82) is 0 Å². The molecule has 1 amide bonds. The molecule has 1 aromatic rings. The summed E-state index contributed by atoms with van der Waals surface area (Å²) in [6.45, 7) is 4.63. The van der Waals surface area contributed by atoms with E-state index in [0.717, 1.165) is 6.42 Å². The average molecular weight is 339 g/mol. The lowest BCUT2D eigenvalue weighted by molar-refractivity contribution is -0.148.